The first-order valence-electron chi connectivity index (χ1n) is 14.9. The van der Waals surface area contributed by atoms with Crippen LogP contribution in [0.3, 0.4) is 0 Å². The number of likely N-dealkylation sites (tertiary alicyclic amines) is 1. The van der Waals surface area contributed by atoms with Gasteiger partial charge in [0.15, 0.2) is 0 Å². The van der Waals surface area contributed by atoms with Crippen molar-refractivity contribution in [1.82, 2.24) is 10.2 Å². The van der Waals surface area contributed by atoms with E-state index in [9.17, 15) is 14.4 Å². The Bertz CT molecular complexity index is 1120. The summed E-state index contributed by atoms with van der Waals surface area (Å²) < 4.78 is 21.8. The number of carbonyl (C=O) groups is 3. The summed E-state index contributed by atoms with van der Waals surface area (Å²) in [6.07, 6.45) is 4.62. The largest absolute Gasteiger partial charge is 0.493 e. The second kappa shape index (κ2) is 16.6. The van der Waals surface area contributed by atoms with E-state index < -0.39 is 23.7 Å². The number of hydrogen-bond acceptors (Lipinski definition) is 7. The van der Waals surface area contributed by atoms with Gasteiger partial charge in [-0.05, 0) is 76.0 Å². The average molecular weight is 583 g/mol. The molecule has 0 bridgehead atoms. The molecule has 1 heterocycles. The Morgan fingerprint density at radius 1 is 0.976 bits per heavy atom. The summed E-state index contributed by atoms with van der Waals surface area (Å²) in [7, 11) is 1.33. The van der Waals surface area contributed by atoms with Crippen molar-refractivity contribution in [2.45, 2.75) is 84.0 Å². The molecule has 42 heavy (non-hydrogen) atoms. The SMILES string of the molecule is COC(=O)CC(Cc1ccccc1OCCCCC1CCN(C(=O)OC(C)(C)C)CC1)NC(=O)OCc1ccccc1. The molecule has 2 aromatic rings. The Morgan fingerprint density at radius 2 is 1.67 bits per heavy atom. The Kier molecular flexibility index (Phi) is 13.0. The topological polar surface area (TPSA) is 103 Å². The lowest BCUT2D eigenvalue weighted by molar-refractivity contribution is -0.141. The van der Waals surface area contributed by atoms with Crippen molar-refractivity contribution >= 4 is 18.2 Å². The molecule has 1 aliphatic heterocycles. The normalized spacial score (nSPS) is 14.5. The maximum Gasteiger partial charge on any atom is 0.410 e. The predicted molar refractivity (Wildman–Crippen MR) is 160 cm³/mol. The number of rotatable bonds is 13. The van der Waals surface area contributed by atoms with Crippen molar-refractivity contribution in [3.63, 3.8) is 0 Å². The first-order chi connectivity index (χ1) is 20.1. The molecular weight excluding hydrogens is 536 g/mol. The number of esters is 1. The molecule has 1 atom stereocenters. The van der Waals surface area contributed by atoms with Gasteiger partial charge in [-0.2, -0.15) is 0 Å². The van der Waals surface area contributed by atoms with Crippen LogP contribution in [-0.2, 0) is 32.0 Å². The summed E-state index contributed by atoms with van der Waals surface area (Å²) in [6.45, 7) is 7.86. The van der Waals surface area contributed by atoms with Crippen LogP contribution in [0, 0.1) is 5.92 Å². The third kappa shape index (κ3) is 12.0. The molecule has 2 amide bonds. The zero-order chi connectivity index (χ0) is 30.4. The average Bonchev–Trinajstić information content (AvgIpc) is 2.96. The van der Waals surface area contributed by atoms with Crippen molar-refractivity contribution < 1.29 is 33.3 Å². The number of amides is 2. The molecule has 3 rings (SSSR count). The van der Waals surface area contributed by atoms with E-state index in [0.29, 0.717) is 18.9 Å². The van der Waals surface area contributed by atoms with E-state index in [1.165, 1.54) is 7.11 Å². The quantitative estimate of drug-likeness (QED) is 0.168. The number of para-hydroxylation sites is 1. The predicted octanol–water partition coefficient (Wildman–Crippen LogP) is 6.28. The zero-order valence-corrected chi connectivity index (χ0v) is 25.4. The Balaban J connectivity index is 1.43. The van der Waals surface area contributed by atoms with Crippen LogP contribution in [-0.4, -0.2) is 61.5 Å². The van der Waals surface area contributed by atoms with Crippen LogP contribution < -0.4 is 10.1 Å². The molecule has 9 heteroatoms. The van der Waals surface area contributed by atoms with E-state index in [2.05, 4.69) is 5.32 Å². The van der Waals surface area contributed by atoms with Gasteiger partial charge in [0.05, 0.1) is 20.1 Å². The highest BCUT2D eigenvalue weighted by atomic mass is 16.6. The summed E-state index contributed by atoms with van der Waals surface area (Å²) in [5.41, 5.74) is 1.30. The standard InChI is InChI=1S/C33H46N2O7/c1-33(2,3)42-32(38)35-19-17-25(18-20-35)12-10-11-21-40-29-16-9-8-15-27(29)22-28(23-30(36)39-4)34-31(37)41-24-26-13-6-5-7-14-26/h5-9,13-16,25,28H,10-12,17-24H2,1-4H3,(H,34,37). The summed E-state index contributed by atoms with van der Waals surface area (Å²) >= 11 is 0. The molecule has 1 fully saturated rings. The lowest BCUT2D eigenvalue weighted by atomic mass is 9.92. The Labute approximate surface area is 249 Å². The van der Waals surface area contributed by atoms with E-state index in [0.717, 1.165) is 62.1 Å². The van der Waals surface area contributed by atoms with Crippen molar-refractivity contribution in [3.05, 3.63) is 65.7 Å². The monoisotopic (exact) mass is 582 g/mol. The number of hydrogen-bond donors (Lipinski definition) is 1. The van der Waals surface area contributed by atoms with Gasteiger partial charge in [0.25, 0.3) is 0 Å². The van der Waals surface area contributed by atoms with Crippen molar-refractivity contribution in [2.75, 3.05) is 26.8 Å². The maximum atomic E-state index is 12.5. The molecule has 0 spiro atoms. The molecule has 0 aromatic heterocycles. The summed E-state index contributed by atoms with van der Waals surface area (Å²) in [6, 6.07) is 16.6. The van der Waals surface area contributed by atoms with Gasteiger partial charge in [-0.15, -0.1) is 0 Å². The van der Waals surface area contributed by atoms with Crippen LogP contribution >= 0.6 is 0 Å². The first-order valence-corrected chi connectivity index (χ1v) is 14.9. The first kappa shape index (κ1) is 32.8. The molecule has 0 aliphatic carbocycles. The highest BCUT2D eigenvalue weighted by Gasteiger charge is 2.26. The van der Waals surface area contributed by atoms with Gasteiger partial charge in [-0.25, -0.2) is 9.59 Å². The maximum absolute atomic E-state index is 12.5. The van der Waals surface area contributed by atoms with E-state index in [1.807, 2.05) is 80.3 Å². The van der Waals surface area contributed by atoms with Crippen molar-refractivity contribution in [1.29, 1.82) is 0 Å². The van der Waals surface area contributed by atoms with Gasteiger partial charge >= 0.3 is 18.2 Å². The highest BCUT2D eigenvalue weighted by Crippen LogP contribution is 2.25. The van der Waals surface area contributed by atoms with Gasteiger partial charge in [0.1, 0.15) is 18.0 Å². The second-order valence-corrected chi connectivity index (χ2v) is 11.8. The fourth-order valence-electron chi connectivity index (χ4n) is 4.92. The molecule has 0 radical (unpaired) electrons. The van der Waals surface area contributed by atoms with E-state index in [1.54, 1.807) is 0 Å². The summed E-state index contributed by atoms with van der Waals surface area (Å²) in [4.78, 5) is 38.7. The van der Waals surface area contributed by atoms with E-state index >= 15 is 0 Å². The Morgan fingerprint density at radius 3 is 2.36 bits per heavy atom. The zero-order valence-electron chi connectivity index (χ0n) is 25.4. The number of alkyl carbamates (subject to hydrolysis) is 1. The smallest absolute Gasteiger partial charge is 0.410 e. The second-order valence-electron chi connectivity index (χ2n) is 11.8. The molecule has 9 nitrogen and oxygen atoms in total. The van der Waals surface area contributed by atoms with Gasteiger partial charge in [-0.3, -0.25) is 4.79 Å². The lowest BCUT2D eigenvalue weighted by Gasteiger charge is -2.33. The number of nitrogens with one attached hydrogen (secondary N) is 1. The molecule has 1 saturated heterocycles. The Hall–Kier alpha value is -3.75. The third-order valence-electron chi connectivity index (χ3n) is 7.14. The number of ether oxygens (including phenoxy) is 4. The third-order valence-corrected chi connectivity index (χ3v) is 7.14. The minimum absolute atomic E-state index is 0.0119. The van der Waals surface area contributed by atoms with Crippen LogP contribution in [0.5, 0.6) is 5.75 Å². The van der Waals surface area contributed by atoms with E-state index in [-0.39, 0.29) is 19.1 Å². The van der Waals surface area contributed by atoms with Gasteiger partial charge < -0.3 is 29.2 Å². The van der Waals surface area contributed by atoms with Crippen molar-refractivity contribution in [2.24, 2.45) is 5.92 Å². The molecular formula is C33H46N2O7. The van der Waals surface area contributed by atoms with Crippen LogP contribution in [0.4, 0.5) is 9.59 Å². The minimum atomic E-state index is -0.594. The molecule has 1 N–H and O–H groups in total. The fraction of sp³-hybridized carbons (Fsp3) is 0.545. The van der Waals surface area contributed by atoms with Crippen LogP contribution in [0.1, 0.15) is 70.4 Å². The molecule has 2 aromatic carbocycles. The van der Waals surface area contributed by atoms with E-state index in [4.69, 9.17) is 18.9 Å². The van der Waals surface area contributed by atoms with Gasteiger partial charge in [0, 0.05) is 19.1 Å². The summed E-state index contributed by atoms with van der Waals surface area (Å²) in [5.74, 6) is 0.916. The number of piperidine rings is 1. The molecule has 1 unspecified atom stereocenters. The van der Waals surface area contributed by atoms with Crippen LogP contribution in [0.15, 0.2) is 54.6 Å². The number of benzene rings is 2. The lowest BCUT2D eigenvalue weighted by Crippen LogP contribution is -2.41. The summed E-state index contributed by atoms with van der Waals surface area (Å²) in [5, 5.41) is 2.81. The van der Waals surface area contributed by atoms with Gasteiger partial charge in [-0.1, -0.05) is 55.0 Å². The number of nitrogens with zero attached hydrogens (tertiary/aromatic N) is 1. The van der Waals surface area contributed by atoms with Crippen LogP contribution in [0.2, 0.25) is 0 Å². The number of unbranched alkanes of at least 4 members (excludes halogenated alkanes) is 1. The molecule has 230 valence electrons. The van der Waals surface area contributed by atoms with Crippen molar-refractivity contribution in [3.8, 4) is 5.75 Å². The molecule has 0 saturated carbocycles. The molecule has 1 aliphatic rings. The van der Waals surface area contributed by atoms with Gasteiger partial charge in [0.2, 0.25) is 0 Å². The fourth-order valence-corrected chi connectivity index (χ4v) is 4.92. The number of methoxy groups -OCH3 is 1. The minimum Gasteiger partial charge on any atom is -0.493 e. The van der Waals surface area contributed by atoms with Crippen LogP contribution in [0.25, 0.3) is 0 Å². The highest BCUT2D eigenvalue weighted by molar-refractivity contribution is 5.72. The number of carbonyl (C=O) groups excluding carboxylic acids is 3.